The van der Waals surface area contributed by atoms with E-state index in [-0.39, 0.29) is 9.13 Å². The summed E-state index contributed by atoms with van der Waals surface area (Å²) in [5, 5.41) is 0. The highest BCUT2D eigenvalue weighted by atomic mass is 32.3. The fraction of sp³-hybridized carbons (Fsp3) is 0.357. The number of sulfone groups is 1. The zero-order valence-corrected chi connectivity index (χ0v) is 13.5. The lowest BCUT2D eigenvalue weighted by Crippen LogP contribution is -2.12. The normalized spacial score (nSPS) is 13.9. The van der Waals surface area contributed by atoms with Crippen molar-refractivity contribution < 1.29 is 17.9 Å². The molecule has 0 heterocycles. The highest BCUT2D eigenvalue weighted by Gasteiger charge is 2.21. The first-order valence-corrected chi connectivity index (χ1v) is 8.73. The van der Waals surface area contributed by atoms with Gasteiger partial charge in [0.25, 0.3) is 0 Å². The highest BCUT2D eigenvalue weighted by Crippen LogP contribution is 2.27. The summed E-state index contributed by atoms with van der Waals surface area (Å²) >= 11 is 1.11. The average Bonchev–Trinajstić information content (AvgIpc) is 2.35. The molecule has 0 saturated carbocycles. The molecule has 6 heteroatoms. The standard InChI is InChI=1S/C14H18O4S2/c1-10-5-7-13(8-6-10)20(16,17)14(19-4)9-11(2)18-12(3)15/h5-9,11H,1-4H3/b14-9+. The van der Waals surface area contributed by atoms with Gasteiger partial charge in [0.15, 0.2) is 0 Å². The van der Waals surface area contributed by atoms with E-state index in [9.17, 15) is 13.2 Å². The predicted octanol–water partition coefficient (Wildman–Crippen LogP) is 2.92. The Hall–Kier alpha value is -1.27. The molecule has 0 radical (unpaired) electrons. The van der Waals surface area contributed by atoms with E-state index in [1.807, 2.05) is 6.92 Å². The molecule has 20 heavy (non-hydrogen) atoms. The van der Waals surface area contributed by atoms with Crippen molar-refractivity contribution in [2.75, 3.05) is 6.26 Å². The smallest absolute Gasteiger partial charge is 0.303 e. The van der Waals surface area contributed by atoms with Gasteiger partial charge in [0.05, 0.1) is 4.90 Å². The topological polar surface area (TPSA) is 60.4 Å². The summed E-state index contributed by atoms with van der Waals surface area (Å²) in [7, 11) is -3.57. The Morgan fingerprint density at radius 3 is 2.30 bits per heavy atom. The van der Waals surface area contributed by atoms with Crippen molar-refractivity contribution in [1.29, 1.82) is 0 Å². The Balaban J connectivity index is 3.12. The summed E-state index contributed by atoms with van der Waals surface area (Å²) in [6, 6.07) is 6.65. The zero-order valence-electron chi connectivity index (χ0n) is 11.9. The van der Waals surface area contributed by atoms with Crippen LogP contribution in [0.4, 0.5) is 0 Å². The minimum Gasteiger partial charge on any atom is -0.459 e. The first kappa shape index (κ1) is 16.8. The summed E-state index contributed by atoms with van der Waals surface area (Å²) < 4.78 is 30.0. The number of thioether (sulfide) groups is 1. The van der Waals surface area contributed by atoms with Crippen LogP contribution in [0.25, 0.3) is 0 Å². The van der Waals surface area contributed by atoms with Crippen LogP contribution in [0.2, 0.25) is 0 Å². The largest absolute Gasteiger partial charge is 0.459 e. The molecule has 0 aliphatic carbocycles. The number of ether oxygens (including phenoxy) is 1. The van der Waals surface area contributed by atoms with Gasteiger partial charge < -0.3 is 4.74 Å². The molecule has 1 aromatic carbocycles. The number of hydrogen-bond acceptors (Lipinski definition) is 5. The van der Waals surface area contributed by atoms with Gasteiger partial charge in [-0.15, -0.1) is 11.8 Å². The van der Waals surface area contributed by atoms with E-state index in [1.54, 1.807) is 37.4 Å². The van der Waals surface area contributed by atoms with Crippen LogP contribution in [0.3, 0.4) is 0 Å². The summed E-state index contributed by atoms with van der Waals surface area (Å²) in [5.74, 6) is -0.443. The molecule has 1 atom stereocenters. The molecule has 0 aliphatic heterocycles. The second-order valence-electron chi connectivity index (χ2n) is 4.32. The van der Waals surface area contributed by atoms with Crippen molar-refractivity contribution in [3.05, 3.63) is 40.1 Å². The Morgan fingerprint density at radius 2 is 1.85 bits per heavy atom. The van der Waals surface area contributed by atoms with E-state index in [1.165, 1.54) is 13.0 Å². The minimum atomic E-state index is -3.57. The molecule has 0 bridgehead atoms. The molecule has 0 amide bonds. The second-order valence-corrected chi connectivity index (χ2v) is 7.35. The Labute approximate surface area is 124 Å². The molecular formula is C14H18O4S2. The number of rotatable bonds is 5. The molecule has 0 aliphatic rings. The van der Waals surface area contributed by atoms with Crippen LogP contribution in [0.5, 0.6) is 0 Å². The van der Waals surface area contributed by atoms with Gasteiger partial charge in [-0.05, 0) is 38.3 Å². The van der Waals surface area contributed by atoms with Crippen molar-refractivity contribution in [2.24, 2.45) is 0 Å². The third-order valence-electron chi connectivity index (χ3n) is 2.52. The van der Waals surface area contributed by atoms with Crippen LogP contribution < -0.4 is 0 Å². The van der Waals surface area contributed by atoms with Crippen molar-refractivity contribution in [3.8, 4) is 0 Å². The Morgan fingerprint density at radius 1 is 1.30 bits per heavy atom. The average molecular weight is 314 g/mol. The van der Waals surface area contributed by atoms with Gasteiger partial charge in [-0.3, -0.25) is 4.79 Å². The molecule has 4 nitrogen and oxygen atoms in total. The molecule has 0 saturated heterocycles. The fourth-order valence-corrected chi connectivity index (χ4v) is 4.18. The lowest BCUT2D eigenvalue weighted by atomic mass is 10.2. The minimum absolute atomic E-state index is 0.176. The molecule has 0 spiro atoms. The van der Waals surface area contributed by atoms with Crippen LogP contribution in [0.1, 0.15) is 19.4 Å². The van der Waals surface area contributed by atoms with Crippen LogP contribution in [-0.4, -0.2) is 26.7 Å². The molecule has 1 aromatic rings. The summed E-state index contributed by atoms with van der Waals surface area (Å²) in [5.41, 5.74) is 0.993. The van der Waals surface area contributed by atoms with Crippen LogP contribution in [0, 0.1) is 6.92 Å². The maximum Gasteiger partial charge on any atom is 0.303 e. The maximum atomic E-state index is 12.5. The SMILES string of the molecule is CS/C(=C\C(C)OC(C)=O)S(=O)(=O)c1ccc(C)cc1. The van der Waals surface area contributed by atoms with Gasteiger partial charge in [0, 0.05) is 6.92 Å². The van der Waals surface area contributed by atoms with E-state index in [0.717, 1.165) is 17.3 Å². The van der Waals surface area contributed by atoms with Crippen molar-refractivity contribution in [2.45, 2.75) is 31.8 Å². The number of esters is 1. The molecule has 0 N–H and O–H groups in total. The van der Waals surface area contributed by atoms with Gasteiger partial charge in [-0.2, -0.15) is 0 Å². The van der Waals surface area contributed by atoms with E-state index >= 15 is 0 Å². The predicted molar refractivity (Wildman–Crippen MR) is 81.2 cm³/mol. The quantitative estimate of drug-likeness (QED) is 0.782. The fourth-order valence-electron chi connectivity index (χ4n) is 1.59. The first-order chi connectivity index (χ1) is 9.27. The molecular weight excluding hydrogens is 296 g/mol. The summed E-state index contributed by atoms with van der Waals surface area (Å²) in [6.07, 6.45) is 2.54. The number of aryl methyl sites for hydroxylation is 1. The van der Waals surface area contributed by atoms with Gasteiger partial charge in [-0.1, -0.05) is 17.7 Å². The lowest BCUT2D eigenvalue weighted by molar-refractivity contribution is -0.143. The number of hydrogen-bond donors (Lipinski definition) is 0. The van der Waals surface area contributed by atoms with Gasteiger partial charge >= 0.3 is 5.97 Å². The molecule has 1 unspecified atom stereocenters. The number of carbonyl (C=O) groups excluding carboxylic acids is 1. The monoisotopic (exact) mass is 314 g/mol. The van der Waals surface area contributed by atoms with Crippen molar-refractivity contribution in [3.63, 3.8) is 0 Å². The Kier molecular flexibility index (Phi) is 5.83. The van der Waals surface area contributed by atoms with Gasteiger partial charge in [0.2, 0.25) is 9.84 Å². The van der Waals surface area contributed by atoms with Gasteiger partial charge in [-0.25, -0.2) is 8.42 Å². The van der Waals surface area contributed by atoms with E-state index in [4.69, 9.17) is 4.74 Å². The van der Waals surface area contributed by atoms with Crippen LogP contribution >= 0.6 is 11.8 Å². The maximum absolute atomic E-state index is 12.5. The van der Waals surface area contributed by atoms with E-state index in [0.29, 0.717) is 0 Å². The molecule has 1 rings (SSSR count). The van der Waals surface area contributed by atoms with Crippen molar-refractivity contribution in [1.82, 2.24) is 0 Å². The first-order valence-electron chi connectivity index (χ1n) is 6.02. The number of carbonyl (C=O) groups is 1. The summed E-state index contributed by atoms with van der Waals surface area (Å²) in [6.45, 7) is 4.81. The highest BCUT2D eigenvalue weighted by molar-refractivity contribution is 8.18. The third-order valence-corrected chi connectivity index (χ3v) is 5.78. The Bertz CT molecular complexity index is 601. The second kappa shape index (κ2) is 6.95. The van der Waals surface area contributed by atoms with Crippen molar-refractivity contribution >= 4 is 27.6 Å². The van der Waals surface area contributed by atoms with Crippen LogP contribution in [0.15, 0.2) is 39.5 Å². The summed E-state index contributed by atoms with van der Waals surface area (Å²) in [4.78, 5) is 11.1. The molecule has 110 valence electrons. The van der Waals surface area contributed by atoms with E-state index < -0.39 is 21.9 Å². The molecule has 0 aromatic heterocycles. The third kappa shape index (κ3) is 4.38. The number of benzene rings is 1. The van der Waals surface area contributed by atoms with Crippen LogP contribution in [-0.2, 0) is 19.4 Å². The van der Waals surface area contributed by atoms with E-state index in [2.05, 4.69) is 0 Å². The zero-order chi connectivity index (χ0) is 15.3. The van der Waals surface area contributed by atoms with Gasteiger partial charge in [0.1, 0.15) is 10.3 Å². The molecule has 0 fully saturated rings. The lowest BCUT2D eigenvalue weighted by Gasteiger charge is -2.11.